The molecular weight excluding hydrogens is 448 g/mol. The van der Waals surface area contributed by atoms with Gasteiger partial charge in [0.15, 0.2) is 0 Å². The summed E-state index contributed by atoms with van der Waals surface area (Å²) < 4.78 is 38.2. The van der Waals surface area contributed by atoms with E-state index in [2.05, 4.69) is 4.72 Å². The summed E-state index contributed by atoms with van der Waals surface area (Å²) in [6.07, 6.45) is 2.77. The first-order chi connectivity index (χ1) is 15.7. The molecule has 0 amide bonds. The molecule has 1 aliphatic carbocycles. The van der Waals surface area contributed by atoms with Crippen molar-refractivity contribution in [3.63, 3.8) is 0 Å². The van der Waals surface area contributed by atoms with Gasteiger partial charge in [0, 0.05) is 19.2 Å². The highest BCUT2D eigenvalue weighted by Crippen LogP contribution is 2.33. The first-order valence-electron chi connectivity index (χ1n) is 10.7. The van der Waals surface area contributed by atoms with Crippen molar-refractivity contribution in [2.24, 2.45) is 5.92 Å². The van der Waals surface area contributed by atoms with Crippen LogP contribution in [0.3, 0.4) is 0 Å². The topological polar surface area (TPSA) is 125 Å². The average Bonchev–Trinajstić information content (AvgIpc) is 2.82. The van der Waals surface area contributed by atoms with Gasteiger partial charge in [-0.25, -0.2) is 13.1 Å². The average molecular weight is 477 g/mol. The van der Waals surface area contributed by atoms with Gasteiger partial charge in [0.25, 0.3) is 5.69 Å². The number of nitro benzene ring substituents is 1. The Morgan fingerprint density at radius 2 is 1.76 bits per heavy atom. The van der Waals surface area contributed by atoms with E-state index >= 15 is 0 Å². The summed E-state index contributed by atoms with van der Waals surface area (Å²) in [6, 6.07) is 10.9. The Morgan fingerprint density at radius 3 is 2.33 bits per heavy atom. The third kappa shape index (κ3) is 6.16. The maximum absolute atomic E-state index is 12.9. The first-order valence-corrected chi connectivity index (χ1v) is 12.2. The molecule has 0 bridgehead atoms. The number of hydrogen-bond acceptors (Lipinski definition) is 7. The minimum Gasteiger partial charge on any atom is -0.469 e. The summed E-state index contributed by atoms with van der Waals surface area (Å²) in [4.78, 5) is 22.7. The van der Waals surface area contributed by atoms with Crippen LogP contribution in [0, 0.1) is 16.0 Å². The predicted octanol–water partition coefficient (Wildman–Crippen LogP) is 3.46. The van der Waals surface area contributed by atoms with Crippen LogP contribution in [0.25, 0.3) is 11.1 Å². The van der Waals surface area contributed by atoms with Gasteiger partial charge in [0.05, 0.1) is 35.0 Å². The van der Waals surface area contributed by atoms with Crippen LogP contribution in [0.5, 0.6) is 0 Å². The van der Waals surface area contributed by atoms with Crippen molar-refractivity contribution in [1.29, 1.82) is 0 Å². The van der Waals surface area contributed by atoms with Crippen molar-refractivity contribution in [1.82, 2.24) is 4.72 Å². The summed E-state index contributed by atoms with van der Waals surface area (Å²) in [5, 5.41) is 11.7. The molecule has 0 aliphatic heterocycles. The molecule has 0 radical (unpaired) electrons. The molecule has 1 N–H and O–H groups in total. The number of ether oxygens (including phenoxy) is 2. The standard InChI is InChI=1S/C23H28N2O7S/c1-31-14-13-16-3-5-17(6-4-16)21-12-11-20(15-22(21)25(27)28)33(29,30)24-19-9-7-18(8-10-19)23(26)32-2/h3-6,11-12,15,18-19,24H,7-10,13-14H2,1-2H3. The Kier molecular flexibility index (Phi) is 8.17. The van der Waals surface area contributed by atoms with E-state index < -0.39 is 14.9 Å². The number of methoxy groups -OCH3 is 2. The maximum atomic E-state index is 12.9. The van der Waals surface area contributed by atoms with E-state index in [1.807, 2.05) is 12.1 Å². The molecule has 1 aliphatic rings. The van der Waals surface area contributed by atoms with Crippen LogP contribution in [0.15, 0.2) is 47.4 Å². The summed E-state index contributed by atoms with van der Waals surface area (Å²) in [5.74, 6) is -0.508. The highest BCUT2D eigenvalue weighted by molar-refractivity contribution is 7.89. The fourth-order valence-corrected chi connectivity index (χ4v) is 5.37. The Labute approximate surface area is 193 Å². The largest absolute Gasteiger partial charge is 0.469 e. The molecule has 0 spiro atoms. The van der Waals surface area contributed by atoms with Crippen molar-refractivity contribution in [2.75, 3.05) is 20.8 Å². The molecule has 9 nitrogen and oxygen atoms in total. The molecule has 0 unspecified atom stereocenters. The van der Waals surface area contributed by atoms with Gasteiger partial charge in [0.1, 0.15) is 0 Å². The Bertz CT molecular complexity index is 1090. The van der Waals surface area contributed by atoms with Crippen LogP contribution >= 0.6 is 0 Å². The summed E-state index contributed by atoms with van der Waals surface area (Å²) in [7, 11) is -1.00. The zero-order valence-corrected chi connectivity index (χ0v) is 19.5. The van der Waals surface area contributed by atoms with E-state index in [9.17, 15) is 23.3 Å². The van der Waals surface area contributed by atoms with Crippen LogP contribution in [-0.4, -0.2) is 46.2 Å². The van der Waals surface area contributed by atoms with Crippen LogP contribution in [0.1, 0.15) is 31.2 Å². The van der Waals surface area contributed by atoms with E-state index in [1.165, 1.54) is 19.2 Å². The molecule has 33 heavy (non-hydrogen) atoms. The number of nitrogens with one attached hydrogen (secondary N) is 1. The molecule has 2 aromatic carbocycles. The molecule has 2 aromatic rings. The number of nitrogens with zero attached hydrogens (tertiary/aromatic N) is 1. The van der Waals surface area contributed by atoms with Crippen molar-refractivity contribution in [2.45, 2.75) is 43.0 Å². The van der Waals surface area contributed by atoms with Gasteiger partial charge in [0.2, 0.25) is 10.0 Å². The zero-order chi connectivity index (χ0) is 24.0. The van der Waals surface area contributed by atoms with E-state index in [1.54, 1.807) is 19.2 Å². The molecule has 0 heterocycles. The molecule has 1 saturated carbocycles. The fraction of sp³-hybridized carbons (Fsp3) is 0.435. The van der Waals surface area contributed by atoms with E-state index in [-0.39, 0.29) is 28.5 Å². The van der Waals surface area contributed by atoms with Crippen molar-refractivity contribution in [3.8, 4) is 11.1 Å². The molecule has 3 rings (SSSR count). The van der Waals surface area contributed by atoms with Crippen LogP contribution in [-0.2, 0) is 30.7 Å². The molecule has 0 aromatic heterocycles. The highest BCUT2D eigenvalue weighted by atomic mass is 32.2. The summed E-state index contributed by atoms with van der Waals surface area (Å²) in [5.41, 5.74) is 1.72. The predicted molar refractivity (Wildman–Crippen MR) is 122 cm³/mol. The van der Waals surface area contributed by atoms with E-state index in [4.69, 9.17) is 9.47 Å². The van der Waals surface area contributed by atoms with Crippen molar-refractivity contribution < 1.29 is 27.6 Å². The van der Waals surface area contributed by atoms with Gasteiger partial charge in [-0.05, 0) is 55.4 Å². The third-order valence-electron chi connectivity index (χ3n) is 5.92. The molecule has 178 valence electrons. The second kappa shape index (κ2) is 10.9. The molecule has 1 fully saturated rings. The SMILES string of the molecule is COCCc1ccc(-c2ccc(S(=O)(=O)NC3CCC(C(=O)OC)CC3)cc2[N+](=O)[O-])cc1. The van der Waals surface area contributed by atoms with Crippen LogP contribution in [0.4, 0.5) is 5.69 Å². The number of nitro groups is 1. The Balaban J connectivity index is 1.78. The van der Waals surface area contributed by atoms with Crippen LogP contribution < -0.4 is 4.72 Å². The number of esters is 1. The smallest absolute Gasteiger partial charge is 0.308 e. The van der Waals surface area contributed by atoms with E-state index in [0.717, 1.165) is 18.1 Å². The van der Waals surface area contributed by atoms with E-state index in [0.29, 0.717) is 43.4 Å². The molecular formula is C23H28N2O7S. The molecule has 0 saturated heterocycles. The minimum absolute atomic E-state index is 0.162. The lowest BCUT2D eigenvalue weighted by Gasteiger charge is -2.27. The first kappa shape index (κ1) is 24.8. The molecule has 0 atom stereocenters. The second-order valence-electron chi connectivity index (χ2n) is 8.07. The van der Waals surface area contributed by atoms with Gasteiger partial charge < -0.3 is 9.47 Å². The Hall–Kier alpha value is -2.82. The number of sulfonamides is 1. The molecule has 10 heteroatoms. The van der Waals surface area contributed by atoms with Gasteiger partial charge in [-0.1, -0.05) is 24.3 Å². The van der Waals surface area contributed by atoms with Crippen molar-refractivity contribution >= 4 is 21.7 Å². The third-order valence-corrected chi connectivity index (χ3v) is 7.44. The summed E-state index contributed by atoms with van der Waals surface area (Å²) in [6.45, 7) is 0.573. The summed E-state index contributed by atoms with van der Waals surface area (Å²) >= 11 is 0. The number of hydrogen-bond donors (Lipinski definition) is 1. The van der Waals surface area contributed by atoms with Crippen molar-refractivity contribution in [3.05, 3.63) is 58.1 Å². The normalized spacial score (nSPS) is 18.6. The lowest BCUT2D eigenvalue weighted by atomic mass is 9.86. The van der Waals surface area contributed by atoms with Gasteiger partial charge in [-0.15, -0.1) is 0 Å². The van der Waals surface area contributed by atoms with Gasteiger partial charge in [-0.2, -0.15) is 0 Å². The maximum Gasteiger partial charge on any atom is 0.308 e. The lowest BCUT2D eigenvalue weighted by Crippen LogP contribution is -2.38. The lowest BCUT2D eigenvalue weighted by molar-refractivity contribution is -0.384. The number of carbonyl (C=O) groups excluding carboxylic acids is 1. The second-order valence-corrected chi connectivity index (χ2v) is 9.78. The van der Waals surface area contributed by atoms with Crippen LogP contribution in [0.2, 0.25) is 0 Å². The number of carbonyl (C=O) groups is 1. The quantitative estimate of drug-likeness (QED) is 0.334. The fourth-order valence-electron chi connectivity index (χ4n) is 4.05. The van der Waals surface area contributed by atoms with Gasteiger partial charge in [-0.3, -0.25) is 14.9 Å². The number of rotatable bonds is 9. The highest BCUT2D eigenvalue weighted by Gasteiger charge is 2.30. The Morgan fingerprint density at radius 1 is 1.09 bits per heavy atom. The number of benzene rings is 2. The minimum atomic E-state index is -3.96. The monoisotopic (exact) mass is 476 g/mol. The van der Waals surface area contributed by atoms with Gasteiger partial charge >= 0.3 is 5.97 Å². The zero-order valence-electron chi connectivity index (χ0n) is 18.7.